The number of benzene rings is 2. The second-order valence-electron chi connectivity index (χ2n) is 5.91. The van der Waals surface area contributed by atoms with Crippen molar-refractivity contribution in [1.82, 2.24) is 9.88 Å². The topological polar surface area (TPSA) is 57.0 Å². The molecule has 0 aliphatic carbocycles. The molecule has 0 atom stereocenters. The molecule has 0 unspecified atom stereocenters. The predicted molar refractivity (Wildman–Crippen MR) is 104 cm³/mol. The number of amides is 1. The van der Waals surface area contributed by atoms with Gasteiger partial charge in [0.2, 0.25) is 0 Å². The Labute approximate surface area is 161 Å². The number of nitriles is 1. The molecule has 130 valence electrons. The molecular formula is C20H16ClN3OS. The van der Waals surface area contributed by atoms with Crippen molar-refractivity contribution in [3.05, 3.63) is 75.3 Å². The van der Waals surface area contributed by atoms with Gasteiger partial charge in [0.05, 0.1) is 17.3 Å². The molecule has 0 aliphatic heterocycles. The van der Waals surface area contributed by atoms with Gasteiger partial charge >= 0.3 is 0 Å². The Morgan fingerprint density at radius 1 is 1.19 bits per heavy atom. The van der Waals surface area contributed by atoms with Crippen LogP contribution in [0.2, 0.25) is 5.02 Å². The van der Waals surface area contributed by atoms with E-state index < -0.39 is 0 Å². The maximum atomic E-state index is 12.8. The minimum absolute atomic E-state index is 0.0652. The lowest BCUT2D eigenvalue weighted by molar-refractivity contribution is 0.0789. The number of nitrogens with zero attached hydrogens (tertiary/aromatic N) is 3. The van der Waals surface area contributed by atoms with Crippen molar-refractivity contribution in [2.24, 2.45) is 0 Å². The molecule has 4 nitrogen and oxygen atoms in total. The second-order valence-corrected chi connectivity index (χ2v) is 7.35. The summed E-state index contributed by atoms with van der Waals surface area (Å²) < 4.78 is 0. The molecule has 0 bridgehead atoms. The number of aromatic nitrogens is 1. The van der Waals surface area contributed by atoms with Crippen molar-refractivity contribution in [1.29, 1.82) is 5.26 Å². The molecule has 0 saturated heterocycles. The molecule has 0 spiro atoms. The van der Waals surface area contributed by atoms with E-state index in [2.05, 4.69) is 11.1 Å². The molecule has 3 rings (SSSR count). The largest absolute Gasteiger partial charge is 0.337 e. The fraction of sp³-hybridized carbons (Fsp3) is 0.150. The summed E-state index contributed by atoms with van der Waals surface area (Å²) in [5.74, 6) is -0.0652. The average Bonchev–Trinajstić information content (AvgIpc) is 3.04. The third-order valence-corrected chi connectivity index (χ3v) is 5.38. The van der Waals surface area contributed by atoms with Gasteiger partial charge in [0.15, 0.2) is 0 Å². The summed E-state index contributed by atoms with van der Waals surface area (Å²) in [7, 11) is 1.77. The highest BCUT2D eigenvalue weighted by molar-refractivity contribution is 7.17. The first kappa shape index (κ1) is 18.1. The van der Waals surface area contributed by atoms with Gasteiger partial charge in [0, 0.05) is 24.2 Å². The minimum atomic E-state index is -0.0652. The summed E-state index contributed by atoms with van der Waals surface area (Å²) in [6, 6.07) is 16.7. The normalized spacial score (nSPS) is 10.4. The van der Waals surface area contributed by atoms with Crippen molar-refractivity contribution in [2.75, 3.05) is 7.05 Å². The van der Waals surface area contributed by atoms with Crippen LogP contribution in [0, 0.1) is 18.3 Å². The van der Waals surface area contributed by atoms with Crippen molar-refractivity contribution >= 4 is 28.8 Å². The van der Waals surface area contributed by atoms with Crippen molar-refractivity contribution in [3.63, 3.8) is 0 Å². The number of rotatable bonds is 4. The highest BCUT2D eigenvalue weighted by Crippen LogP contribution is 2.29. The van der Waals surface area contributed by atoms with Crippen molar-refractivity contribution in [2.45, 2.75) is 13.5 Å². The van der Waals surface area contributed by atoms with E-state index in [-0.39, 0.29) is 5.91 Å². The number of hydrogen-bond donors (Lipinski definition) is 0. The molecule has 0 saturated carbocycles. The highest BCUT2D eigenvalue weighted by Gasteiger charge is 2.19. The van der Waals surface area contributed by atoms with Crippen LogP contribution in [0.25, 0.3) is 10.6 Å². The zero-order valence-corrected chi connectivity index (χ0v) is 15.9. The molecule has 1 aromatic heterocycles. The Hall–Kier alpha value is -2.68. The molecule has 2 aromatic carbocycles. The lowest BCUT2D eigenvalue weighted by Crippen LogP contribution is -2.26. The summed E-state index contributed by atoms with van der Waals surface area (Å²) in [5.41, 5.74) is 3.24. The maximum absolute atomic E-state index is 12.8. The molecule has 0 fully saturated rings. The van der Waals surface area contributed by atoms with Crippen LogP contribution in [0.4, 0.5) is 0 Å². The molecule has 0 N–H and O–H groups in total. The Morgan fingerprint density at radius 2 is 1.85 bits per heavy atom. The number of hydrogen-bond acceptors (Lipinski definition) is 4. The van der Waals surface area contributed by atoms with E-state index >= 15 is 0 Å². The number of thiazole rings is 1. The summed E-state index contributed by atoms with van der Waals surface area (Å²) in [6.45, 7) is 2.32. The number of carbonyl (C=O) groups is 1. The minimum Gasteiger partial charge on any atom is -0.337 e. The Balaban J connectivity index is 1.78. The third-order valence-electron chi connectivity index (χ3n) is 3.93. The quantitative estimate of drug-likeness (QED) is 0.644. The van der Waals surface area contributed by atoms with Crippen LogP contribution in [-0.4, -0.2) is 22.8 Å². The van der Waals surface area contributed by atoms with Gasteiger partial charge in [-0.05, 0) is 36.8 Å². The Morgan fingerprint density at radius 3 is 2.46 bits per heavy atom. The van der Waals surface area contributed by atoms with Gasteiger partial charge in [-0.1, -0.05) is 35.9 Å². The lowest BCUT2D eigenvalue weighted by Gasteiger charge is -2.16. The fourth-order valence-corrected chi connectivity index (χ4v) is 3.71. The molecule has 6 heteroatoms. The molecular weight excluding hydrogens is 366 g/mol. The van der Waals surface area contributed by atoms with Crippen LogP contribution in [0.15, 0.2) is 48.5 Å². The first-order chi connectivity index (χ1) is 12.5. The van der Waals surface area contributed by atoms with Gasteiger partial charge in [0.25, 0.3) is 5.91 Å². The van der Waals surface area contributed by atoms with Crippen LogP contribution in [0.1, 0.15) is 26.5 Å². The Bertz CT molecular complexity index is 972. The van der Waals surface area contributed by atoms with Crippen LogP contribution in [0.5, 0.6) is 0 Å². The van der Waals surface area contributed by atoms with Crippen molar-refractivity contribution in [3.8, 4) is 16.6 Å². The van der Waals surface area contributed by atoms with Crippen molar-refractivity contribution < 1.29 is 4.79 Å². The van der Waals surface area contributed by atoms with E-state index in [1.807, 2.05) is 43.3 Å². The van der Waals surface area contributed by atoms with E-state index in [1.165, 1.54) is 11.3 Å². The number of carbonyl (C=O) groups excluding carboxylic acids is 1. The molecule has 0 aliphatic rings. The Kier molecular flexibility index (Phi) is 5.36. The molecule has 1 amide bonds. The summed E-state index contributed by atoms with van der Waals surface area (Å²) in [4.78, 5) is 19.6. The van der Waals surface area contributed by atoms with Crippen LogP contribution >= 0.6 is 22.9 Å². The molecule has 3 aromatic rings. The van der Waals surface area contributed by atoms with E-state index in [4.69, 9.17) is 16.9 Å². The predicted octanol–water partition coefficient (Wildman–Crippen LogP) is 4.92. The van der Waals surface area contributed by atoms with E-state index in [1.54, 1.807) is 24.1 Å². The third kappa shape index (κ3) is 3.93. The smallest absolute Gasteiger partial charge is 0.265 e. The van der Waals surface area contributed by atoms with E-state index in [0.717, 1.165) is 21.8 Å². The monoisotopic (exact) mass is 381 g/mol. The van der Waals surface area contributed by atoms with Gasteiger partial charge in [-0.25, -0.2) is 4.98 Å². The second kappa shape index (κ2) is 7.69. The zero-order valence-electron chi connectivity index (χ0n) is 14.4. The van der Waals surface area contributed by atoms with Gasteiger partial charge < -0.3 is 4.90 Å². The van der Waals surface area contributed by atoms with Gasteiger partial charge in [-0.15, -0.1) is 11.3 Å². The molecule has 26 heavy (non-hydrogen) atoms. The fourth-order valence-electron chi connectivity index (χ4n) is 2.51. The maximum Gasteiger partial charge on any atom is 0.265 e. The van der Waals surface area contributed by atoms with Gasteiger partial charge in [-0.2, -0.15) is 5.26 Å². The zero-order chi connectivity index (χ0) is 18.7. The van der Waals surface area contributed by atoms with Crippen LogP contribution in [-0.2, 0) is 6.54 Å². The average molecular weight is 382 g/mol. The SMILES string of the molecule is Cc1nc(-c2ccc(Cl)cc2)sc1C(=O)N(C)Cc1ccc(C#N)cc1. The number of halogens is 1. The number of aryl methyl sites for hydroxylation is 1. The van der Waals surface area contributed by atoms with Gasteiger partial charge in [-0.3, -0.25) is 4.79 Å². The van der Waals surface area contributed by atoms with E-state index in [9.17, 15) is 4.79 Å². The summed E-state index contributed by atoms with van der Waals surface area (Å²) in [6.07, 6.45) is 0. The highest BCUT2D eigenvalue weighted by atomic mass is 35.5. The molecule has 1 heterocycles. The first-order valence-corrected chi connectivity index (χ1v) is 9.15. The molecule has 0 radical (unpaired) electrons. The lowest BCUT2D eigenvalue weighted by atomic mass is 10.1. The van der Waals surface area contributed by atoms with Crippen LogP contribution < -0.4 is 0 Å². The first-order valence-electron chi connectivity index (χ1n) is 7.96. The summed E-state index contributed by atoms with van der Waals surface area (Å²) >= 11 is 7.31. The van der Waals surface area contributed by atoms with Crippen LogP contribution in [0.3, 0.4) is 0 Å². The van der Waals surface area contributed by atoms with E-state index in [0.29, 0.717) is 22.0 Å². The standard InChI is InChI=1S/C20H16ClN3OS/c1-13-18(26-19(23-13)16-7-9-17(21)10-8-16)20(25)24(2)12-15-5-3-14(11-22)4-6-15/h3-10H,12H2,1-2H3. The summed E-state index contributed by atoms with van der Waals surface area (Å²) in [5, 5.41) is 10.3. The van der Waals surface area contributed by atoms with Gasteiger partial charge in [0.1, 0.15) is 9.88 Å².